The maximum absolute atomic E-state index is 12.7. The molecule has 1 amide bonds. The second kappa shape index (κ2) is 5.99. The minimum atomic E-state index is -0.621. The maximum atomic E-state index is 12.7. The van der Waals surface area contributed by atoms with Gasteiger partial charge in [0, 0.05) is 17.4 Å². The van der Waals surface area contributed by atoms with E-state index in [-0.39, 0.29) is 11.5 Å². The average molecular weight is 288 g/mol. The Morgan fingerprint density at radius 3 is 2.76 bits per heavy atom. The fraction of sp³-hybridized carbons (Fsp3) is 0.200. The molecule has 1 aromatic carbocycles. The van der Waals surface area contributed by atoms with Crippen LogP contribution in [0.25, 0.3) is 0 Å². The van der Waals surface area contributed by atoms with Gasteiger partial charge in [0.05, 0.1) is 18.8 Å². The monoisotopic (exact) mass is 288 g/mol. The van der Waals surface area contributed by atoms with Crippen molar-refractivity contribution < 1.29 is 18.7 Å². The number of anilines is 1. The van der Waals surface area contributed by atoms with Gasteiger partial charge in [-0.05, 0) is 24.3 Å². The zero-order valence-corrected chi connectivity index (χ0v) is 11.1. The van der Waals surface area contributed by atoms with Crippen molar-refractivity contribution in [1.29, 1.82) is 0 Å². The summed E-state index contributed by atoms with van der Waals surface area (Å²) in [6.07, 6.45) is 0.798. The number of ether oxygens (including phenoxy) is 2. The van der Waals surface area contributed by atoms with E-state index in [0.29, 0.717) is 18.9 Å². The fourth-order valence-electron chi connectivity index (χ4n) is 2.03. The average Bonchev–Trinajstić information content (AvgIpc) is 3.02. The molecule has 5 nitrogen and oxygen atoms in total. The molecule has 1 fully saturated rings. The number of amides is 1. The van der Waals surface area contributed by atoms with Gasteiger partial charge in [-0.15, -0.1) is 0 Å². The third-order valence-electron chi connectivity index (χ3n) is 3.03. The van der Waals surface area contributed by atoms with Crippen molar-refractivity contribution >= 4 is 11.6 Å². The summed E-state index contributed by atoms with van der Waals surface area (Å²) in [6, 6.07) is 9.73. The lowest BCUT2D eigenvalue weighted by Crippen LogP contribution is -2.12. The smallest absolute Gasteiger partial charge is 0.257 e. The van der Waals surface area contributed by atoms with E-state index >= 15 is 0 Å². The Balaban J connectivity index is 1.73. The van der Waals surface area contributed by atoms with Gasteiger partial charge in [0.1, 0.15) is 0 Å². The van der Waals surface area contributed by atoms with Crippen molar-refractivity contribution in [3.63, 3.8) is 0 Å². The SMILES string of the molecule is O=C(Nc1cccc(C2OCCO2)c1)c1ccc(F)nc1. The number of carbonyl (C=O) groups excluding carboxylic acids is 1. The van der Waals surface area contributed by atoms with Gasteiger partial charge in [-0.3, -0.25) is 4.79 Å². The summed E-state index contributed by atoms with van der Waals surface area (Å²) in [5, 5.41) is 2.73. The fourth-order valence-corrected chi connectivity index (χ4v) is 2.03. The highest BCUT2D eigenvalue weighted by Crippen LogP contribution is 2.25. The van der Waals surface area contributed by atoms with Crippen molar-refractivity contribution in [1.82, 2.24) is 4.98 Å². The van der Waals surface area contributed by atoms with Crippen molar-refractivity contribution in [2.45, 2.75) is 6.29 Å². The highest BCUT2D eigenvalue weighted by Gasteiger charge is 2.18. The van der Waals surface area contributed by atoms with E-state index in [2.05, 4.69) is 10.3 Å². The summed E-state index contributed by atoms with van der Waals surface area (Å²) >= 11 is 0. The van der Waals surface area contributed by atoms with Gasteiger partial charge in [-0.25, -0.2) is 4.98 Å². The quantitative estimate of drug-likeness (QED) is 0.882. The third kappa shape index (κ3) is 3.24. The number of nitrogens with one attached hydrogen (secondary N) is 1. The van der Waals surface area contributed by atoms with E-state index in [1.165, 1.54) is 12.3 Å². The Labute approximate surface area is 120 Å². The number of benzene rings is 1. The molecule has 0 saturated carbocycles. The van der Waals surface area contributed by atoms with E-state index in [1.807, 2.05) is 6.07 Å². The molecule has 0 aliphatic carbocycles. The summed E-state index contributed by atoms with van der Waals surface area (Å²) in [6.45, 7) is 1.12. The van der Waals surface area contributed by atoms with Crippen LogP contribution < -0.4 is 5.32 Å². The molecule has 1 N–H and O–H groups in total. The number of rotatable bonds is 3. The molecule has 3 rings (SSSR count). The minimum Gasteiger partial charge on any atom is -0.346 e. The maximum Gasteiger partial charge on any atom is 0.257 e. The number of hydrogen-bond acceptors (Lipinski definition) is 4. The van der Waals surface area contributed by atoms with Crippen LogP contribution in [-0.2, 0) is 9.47 Å². The van der Waals surface area contributed by atoms with Crippen LogP contribution in [0.15, 0.2) is 42.6 Å². The first kappa shape index (κ1) is 13.7. The van der Waals surface area contributed by atoms with E-state index in [4.69, 9.17) is 9.47 Å². The number of aromatic nitrogens is 1. The molecule has 0 bridgehead atoms. The molecule has 21 heavy (non-hydrogen) atoms. The Morgan fingerprint density at radius 2 is 2.05 bits per heavy atom. The van der Waals surface area contributed by atoms with Crippen LogP contribution in [0, 0.1) is 5.95 Å². The first-order valence-corrected chi connectivity index (χ1v) is 6.48. The third-order valence-corrected chi connectivity index (χ3v) is 3.03. The molecule has 0 unspecified atom stereocenters. The van der Waals surface area contributed by atoms with Gasteiger partial charge in [0.15, 0.2) is 6.29 Å². The number of hydrogen-bond donors (Lipinski definition) is 1. The van der Waals surface area contributed by atoms with E-state index in [9.17, 15) is 9.18 Å². The van der Waals surface area contributed by atoms with Gasteiger partial charge in [0.2, 0.25) is 5.95 Å². The molecule has 0 spiro atoms. The summed E-state index contributed by atoms with van der Waals surface area (Å²) in [7, 11) is 0. The van der Waals surface area contributed by atoms with E-state index in [1.54, 1.807) is 18.2 Å². The molecular weight excluding hydrogens is 275 g/mol. The van der Waals surface area contributed by atoms with Crippen molar-refractivity contribution in [3.8, 4) is 0 Å². The van der Waals surface area contributed by atoms with Gasteiger partial charge in [-0.1, -0.05) is 12.1 Å². The predicted molar refractivity (Wildman–Crippen MR) is 73.2 cm³/mol. The highest BCUT2D eigenvalue weighted by atomic mass is 19.1. The predicted octanol–water partition coefficient (Wildman–Crippen LogP) is 2.52. The van der Waals surface area contributed by atoms with Crippen molar-refractivity contribution in [2.24, 2.45) is 0 Å². The second-order valence-electron chi connectivity index (χ2n) is 4.52. The van der Waals surface area contributed by atoms with Crippen molar-refractivity contribution in [2.75, 3.05) is 18.5 Å². The summed E-state index contributed by atoms with van der Waals surface area (Å²) in [5.41, 5.74) is 1.73. The van der Waals surface area contributed by atoms with Crippen LogP contribution in [0.3, 0.4) is 0 Å². The summed E-state index contributed by atoms with van der Waals surface area (Å²) in [5.74, 6) is -0.975. The second-order valence-corrected chi connectivity index (χ2v) is 4.52. The zero-order valence-electron chi connectivity index (χ0n) is 11.1. The molecule has 2 aromatic rings. The molecule has 1 saturated heterocycles. The lowest BCUT2D eigenvalue weighted by molar-refractivity contribution is -0.0440. The first-order valence-electron chi connectivity index (χ1n) is 6.48. The Kier molecular flexibility index (Phi) is 3.89. The molecule has 108 valence electrons. The molecule has 1 aromatic heterocycles. The van der Waals surface area contributed by atoms with Gasteiger partial charge < -0.3 is 14.8 Å². The minimum absolute atomic E-state index is 0.287. The van der Waals surface area contributed by atoms with Crippen LogP contribution in [0.2, 0.25) is 0 Å². The van der Waals surface area contributed by atoms with Gasteiger partial charge in [0.25, 0.3) is 5.91 Å². The lowest BCUT2D eigenvalue weighted by atomic mass is 10.2. The number of nitrogens with zero attached hydrogens (tertiary/aromatic N) is 1. The molecule has 0 radical (unpaired) electrons. The standard InChI is InChI=1S/C15H13FN2O3/c16-13-5-4-11(9-17-13)14(19)18-12-3-1-2-10(8-12)15-20-6-7-21-15/h1-5,8-9,15H,6-7H2,(H,18,19). The Hall–Kier alpha value is -2.31. The van der Waals surface area contributed by atoms with Crippen LogP contribution in [0.1, 0.15) is 22.2 Å². The van der Waals surface area contributed by atoms with Crippen LogP contribution >= 0.6 is 0 Å². The molecule has 1 aliphatic heterocycles. The van der Waals surface area contributed by atoms with Gasteiger partial charge in [-0.2, -0.15) is 4.39 Å². The lowest BCUT2D eigenvalue weighted by Gasteiger charge is -2.11. The van der Waals surface area contributed by atoms with Crippen LogP contribution in [-0.4, -0.2) is 24.1 Å². The topological polar surface area (TPSA) is 60.5 Å². The molecular formula is C15H13FN2O3. The van der Waals surface area contributed by atoms with E-state index in [0.717, 1.165) is 11.6 Å². The van der Waals surface area contributed by atoms with Crippen LogP contribution in [0.5, 0.6) is 0 Å². The normalized spacial score (nSPS) is 15.1. The molecule has 0 atom stereocenters. The Morgan fingerprint density at radius 1 is 1.24 bits per heavy atom. The van der Waals surface area contributed by atoms with Crippen molar-refractivity contribution in [3.05, 3.63) is 59.7 Å². The molecule has 2 heterocycles. The number of halogens is 1. The molecule has 1 aliphatic rings. The zero-order chi connectivity index (χ0) is 14.7. The number of pyridine rings is 1. The van der Waals surface area contributed by atoms with E-state index < -0.39 is 12.2 Å². The van der Waals surface area contributed by atoms with Crippen LogP contribution in [0.4, 0.5) is 10.1 Å². The van der Waals surface area contributed by atoms with Gasteiger partial charge >= 0.3 is 0 Å². The largest absolute Gasteiger partial charge is 0.346 e. The first-order chi connectivity index (χ1) is 10.2. The summed E-state index contributed by atoms with van der Waals surface area (Å²) in [4.78, 5) is 15.5. The summed E-state index contributed by atoms with van der Waals surface area (Å²) < 4.78 is 23.6. The number of carbonyl (C=O) groups is 1. The highest BCUT2D eigenvalue weighted by molar-refractivity contribution is 6.04. The molecule has 6 heteroatoms. The Bertz CT molecular complexity index is 640.